The Kier molecular flexibility index (Phi) is 9.37. The molecule has 204 valence electrons. The number of carbonyl (C=O) groups excluding carboxylic acids is 2. The highest BCUT2D eigenvalue weighted by atomic mass is 35.5. The molecule has 3 aromatic carbocycles. The molecule has 0 radical (unpaired) electrons. The number of carbonyl (C=O) groups is 2. The summed E-state index contributed by atoms with van der Waals surface area (Å²) in [5, 5.41) is 3.25. The molecule has 1 saturated heterocycles. The van der Waals surface area contributed by atoms with E-state index in [4.69, 9.17) is 30.8 Å². The molecule has 39 heavy (non-hydrogen) atoms. The van der Waals surface area contributed by atoms with Gasteiger partial charge in [-0.1, -0.05) is 35.5 Å². The van der Waals surface area contributed by atoms with Gasteiger partial charge < -0.3 is 19.5 Å². The summed E-state index contributed by atoms with van der Waals surface area (Å²) in [5.41, 5.74) is 3.11. The van der Waals surface area contributed by atoms with E-state index in [0.29, 0.717) is 51.8 Å². The van der Waals surface area contributed by atoms with Gasteiger partial charge in [-0.15, -0.1) is 0 Å². The van der Waals surface area contributed by atoms with Crippen molar-refractivity contribution in [3.63, 3.8) is 0 Å². The van der Waals surface area contributed by atoms with Crippen LogP contribution in [0.3, 0.4) is 0 Å². The molecule has 1 aliphatic rings. The molecule has 0 aromatic heterocycles. The van der Waals surface area contributed by atoms with E-state index in [2.05, 4.69) is 5.32 Å². The number of aryl methyl sites for hydroxylation is 1. The van der Waals surface area contributed by atoms with Gasteiger partial charge in [0, 0.05) is 23.7 Å². The van der Waals surface area contributed by atoms with Gasteiger partial charge in [-0.2, -0.15) is 0 Å². The molecule has 1 aliphatic heterocycles. The lowest BCUT2D eigenvalue weighted by Crippen LogP contribution is -2.46. The van der Waals surface area contributed by atoms with Gasteiger partial charge in [-0.25, -0.2) is 4.99 Å². The van der Waals surface area contributed by atoms with Crippen molar-refractivity contribution in [2.24, 2.45) is 4.99 Å². The second-order valence-corrected chi connectivity index (χ2v) is 10.4. The first-order valence-corrected chi connectivity index (χ1v) is 13.5. The Balaban J connectivity index is 1.56. The van der Waals surface area contributed by atoms with E-state index in [1.807, 2.05) is 31.2 Å². The Hall–Kier alpha value is -3.69. The Morgan fingerprint density at radius 1 is 1.03 bits per heavy atom. The number of amides is 2. The molecule has 0 saturated carbocycles. The van der Waals surface area contributed by atoms with Crippen LogP contribution in [-0.4, -0.2) is 55.0 Å². The second kappa shape index (κ2) is 12.9. The van der Waals surface area contributed by atoms with Crippen molar-refractivity contribution in [2.75, 3.05) is 33.2 Å². The van der Waals surface area contributed by atoms with Crippen LogP contribution in [0.5, 0.6) is 17.2 Å². The lowest BCUT2D eigenvalue weighted by atomic mass is 10.1. The standard InChI is InChI=1S/C29H30ClN3O5S/c1-18-5-7-21(16-23(18)30)31-28(35)26-17-27(34)33(14-13-19-6-12-24(37-3)25(15-19)38-4)29(39-26)32-20-8-10-22(36-2)11-9-20/h5-12,15-16,26H,13-14,17H2,1-4H3,(H,31,35). The minimum absolute atomic E-state index is 0.0453. The number of hydrogen-bond acceptors (Lipinski definition) is 7. The Labute approximate surface area is 237 Å². The maximum absolute atomic E-state index is 13.4. The summed E-state index contributed by atoms with van der Waals surface area (Å²) in [6.45, 7) is 2.28. The summed E-state index contributed by atoms with van der Waals surface area (Å²) < 4.78 is 16.0. The van der Waals surface area contributed by atoms with E-state index in [1.165, 1.54) is 11.8 Å². The van der Waals surface area contributed by atoms with Gasteiger partial charge in [0.25, 0.3) is 0 Å². The molecular formula is C29H30ClN3O5S. The van der Waals surface area contributed by atoms with Crippen LogP contribution in [0.2, 0.25) is 5.02 Å². The maximum Gasteiger partial charge on any atom is 0.238 e. The number of thioether (sulfide) groups is 1. The quantitative estimate of drug-likeness (QED) is 0.347. The third-order valence-electron chi connectivity index (χ3n) is 6.24. The van der Waals surface area contributed by atoms with Crippen molar-refractivity contribution in [2.45, 2.75) is 25.0 Å². The van der Waals surface area contributed by atoms with Crippen molar-refractivity contribution in [3.8, 4) is 17.2 Å². The van der Waals surface area contributed by atoms with Gasteiger partial charge >= 0.3 is 0 Å². The van der Waals surface area contributed by atoms with Crippen LogP contribution < -0.4 is 19.5 Å². The number of aliphatic imine (C=N–C) groups is 1. The molecule has 4 rings (SSSR count). The van der Waals surface area contributed by atoms with E-state index in [1.54, 1.807) is 62.6 Å². The maximum atomic E-state index is 13.4. The SMILES string of the molecule is COc1ccc(N=C2SC(C(=O)Nc3ccc(C)c(Cl)c3)CC(=O)N2CCc2ccc(OC)c(OC)c2)cc1. The summed E-state index contributed by atoms with van der Waals surface area (Å²) in [6.07, 6.45) is 0.608. The largest absolute Gasteiger partial charge is 0.497 e. The zero-order chi connectivity index (χ0) is 27.9. The van der Waals surface area contributed by atoms with Gasteiger partial charge in [-0.05, 0) is 73.0 Å². The Bertz CT molecular complexity index is 1380. The molecule has 0 bridgehead atoms. The fraction of sp³-hybridized carbons (Fsp3) is 0.276. The van der Waals surface area contributed by atoms with Crippen LogP contribution in [0.15, 0.2) is 65.7 Å². The number of ether oxygens (including phenoxy) is 3. The van der Waals surface area contributed by atoms with Crippen molar-refractivity contribution >= 4 is 51.7 Å². The lowest BCUT2D eigenvalue weighted by molar-refractivity contribution is -0.129. The first-order valence-electron chi connectivity index (χ1n) is 12.3. The van der Waals surface area contributed by atoms with Crippen LogP contribution in [0.25, 0.3) is 0 Å². The molecule has 0 spiro atoms. The molecular weight excluding hydrogens is 538 g/mol. The highest BCUT2D eigenvalue weighted by molar-refractivity contribution is 8.15. The fourth-order valence-corrected chi connectivity index (χ4v) is 5.30. The summed E-state index contributed by atoms with van der Waals surface area (Å²) in [5.74, 6) is 1.50. The van der Waals surface area contributed by atoms with Gasteiger partial charge in [0.05, 0.1) is 27.0 Å². The molecule has 3 aromatic rings. The second-order valence-electron chi connectivity index (χ2n) is 8.84. The topological polar surface area (TPSA) is 89.5 Å². The average molecular weight is 568 g/mol. The van der Waals surface area contributed by atoms with E-state index in [0.717, 1.165) is 11.1 Å². The molecule has 0 aliphatic carbocycles. The summed E-state index contributed by atoms with van der Waals surface area (Å²) in [7, 11) is 4.77. The zero-order valence-corrected chi connectivity index (χ0v) is 23.8. The normalized spacial score (nSPS) is 16.2. The predicted octanol–water partition coefficient (Wildman–Crippen LogP) is 5.88. The zero-order valence-electron chi connectivity index (χ0n) is 22.2. The lowest BCUT2D eigenvalue weighted by Gasteiger charge is -2.32. The van der Waals surface area contributed by atoms with E-state index < -0.39 is 5.25 Å². The number of benzene rings is 3. The minimum Gasteiger partial charge on any atom is -0.497 e. The summed E-state index contributed by atoms with van der Waals surface area (Å²) >= 11 is 7.49. The van der Waals surface area contributed by atoms with E-state index >= 15 is 0 Å². The molecule has 10 heteroatoms. The third kappa shape index (κ3) is 7.04. The van der Waals surface area contributed by atoms with Crippen molar-refractivity contribution in [3.05, 3.63) is 76.8 Å². The van der Waals surface area contributed by atoms with E-state index in [-0.39, 0.29) is 18.2 Å². The highest BCUT2D eigenvalue weighted by Gasteiger charge is 2.36. The molecule has 8 nitrogen and oxygen atoms in total. The minimum atomic E-state index is -0.646. The number of hydrogen-bond donors (Lipinski definition) is 1. The predicted molar refractivity (Wildman–Crippen MR) is 156 cm³/mol. The van der Waals surface area contributed by atoms with Gasteiger partial charge in [-0.3, -0.25) is 14.5 Å². The van der Waals surface area contributed by atoms with Gasteiger partial charge in [0.2, 0.25) is 11.8 Å². The highest BCUT2D eigenvalue weighted by Crippen LogP contribution is 2.32. The van der Waals surface area contributed by atoms with Crippen LogP contribution in [0.1, 0.15) is 17.5 Å². The van der Waals surface area contributed by atoms with Crippen LogP contribution >= 0.6 is 23.4 Å². The number of nitrogens with zero attached hydrogens (tertiary/aromatic N) is 2. The molecule has 1 N–H and O–H groups in total. The Morgan fingerprint density at radius 2 is 1.77 bits per heavy atom. The van der Waals surface area contributed by atoms with Crippen molar-refractivity contribution in [1.29, 1.82) is 0 Å². The first-order chi connectivity index (χ1) is 18.8. The molecule has 1 heterocycles. The number of methoxy groups -OCH3 is 3. The number of amidine groups is 1. The monoisotopic (exact) mass is 567 g/mol. The summed E-state index contributed by atoms with van der Waals surface area (Å²) in [4.78, 5) is 32.9. The van der Waals surface area contributed by atoms with Crippen LogP contribution in [0, 0.1) is 6.92 Å². The molecule has 1 atom stereocenters. The van der Waals surface area contributed by atoms with Crippen LogP contribution in [-0.2, 0) is 16.0 Å². The van der Waals surface area contributed by atoms with Crippen molar-refractivity contribution < 1.29 is 23.8 Å². The number of nitrogens with one attached hydrogen (secondary N) is 1. The average Bonchev–Trinajstić information content (AvgIpc) is 2.94. The number of rotatable bonds is 9. The van der Waals surface area contributed by atoms with Gasteiger partial charge in [0.1, 0.15) is 11.0 Å². The van der Waals surface area contributed by atoms with E-state index in [9.17, 15) is 9.59 Å². The number of anilines is 1. The molecule has 1 unspecified atom stereocenters. The third-order valence-corrected chi connectivity index (χ3v) is 7.84. The smallest absolute Gasteiger partial charge is 0.238 e. The first kappa shape index (κ1) is 28.3. The number of halogens is 1. The fourth-order valence-electron chi connectivity index (χ4n) is 4.00. The Morgan fingerprint density at radius 3 is 2.44 bits per heavy atom. The van der Waals surface area contributed by atoms with Crippen LogP contribution in [0.4, 0.5) is 11.4 Å². The molecule has 2 amide bonds. The summed E-state index contributed by atoms with van der Waals surface area (Å²) in [6, 6.07) is 18.2. The molecule has 1 fully saturated rings. The van der Waals surface area contributed by atoms with Gasteiger partial charge in [0.15, 0.2) is 16.7 Å². The van der Waals surface area contributed by atoms with Crippen molar-refractivity contribution in [1.82, 2.24) is 4.90 Å².